The summed E-state index contributed by atoms with van der Waals surface area (Å²) >= 11 is 0. The second kappa shape index (κ2) is 5.20. The Kier molecular flexibility index (Phi) is 4.40. The third-order valence-corrected chi connectivity index (χ3v) is 4.85. The van der Waals surface area contributed by atoms with Crippen molar-refractivity contribution in [2.75, 3.05) is 0 Å². The first kappa shape index (κ1) is 13.5. The summed E-state index contributed by atoms with van der Waals surface area (Å²) in [6, 6.07) is 0. The molecule has 2 heteroatoms. The minimum absolute atomic E-state index is 0.304. The molecule has 0 radical (unpaired) electrons. The molecule has 2 nitrogen and oxygen atoms in total. The van der Waals surface area contributed by atoms with Crippen LogP contribution in [0.2, 0.25) is 0 Å². The summed E-state index contributed by atoms with van der Waals surface area (Å²) < 4.78 is 0. The van der Waals surface area contributed by atoms with Crippen LogP contribution in [0.3, 0.4) is 0 Å². The molecule has 0 aromatic carbocycles. The summed E-state index contributed by atoms with van der Waals surface area (Å²) in [7, 11) is 0. The molecule has 1 N–H and O–H groups in total. The minimum atomic E-state index is -0.566. The first-order valence-electron chi connectivity index (χ1n) is 6.67. The fraction of sp³-hybridized carbons (Fsp3) is 0.929. The van der Waals surface area contributed by atoms with E-state index in [1.807, 2.05) is 0 Å². The summed E-state index contributed by atoms with van der Waals surface area (Å²) in [4.78, 5) is 11.6. The molecule has 1 aliphatic rings. The van der Waals surface area contributed by atoms with Crippen LogP contribution >= 0.6 is 0 Å². The van der Waals surface area contributed by atoms with Crippen LogP contribution in [-0.4, -0.2) is 11.1 Å². The van der Waals surface area contributed by atoms with Gasteiger partial charge in [-0.05, 0) is 43.4 Å². The molecule has 0 spiro atoms. The van der Waals surface area contributed by atoms with Gasteiger partial charge < -0.3 is 5.11 Å². The molecule has 1 saturated carbocycles. The summed E-state index contributed by atoms with van der Waals surface area (Å²) in [5, 5.41) is 9.52. The van der Waals surface area contributed by atoms with Gasteiger partial charge in [0.25, 0.3) is 0 Å². The van der Waals surface area contributed by atoms with Crippen LogP contribution in [0.25, 0.3) is 0 Å². The number of carboxylic acids is 1. The summed E-state index contributed by atoms with van der Waals surface area (Å²) in [5.74, 6) is 1.17. The van der Waals surface area contributed by atoms with Crippen molar-refractivity contribution in [3.05, 3.63) is 0 Å². The molecule has 1 rings (SSSR count). The van der Waals surface area contributed by atoms with E-state index < -0.39 is 11.4 Å². The molecule has 1 aliphatic carbocycles. The summed E-state index contributed by atoms with van der Waals surface area (Å²) in [6.45, 7) is 8.71. The quantitative estimate of drug-likeness (QED) is 0.788. The Labute approximate surface area is 99.4 Å². The molecule has 0 saturated heterocycles. The molecule has 0 heterocycles. The van der Waals surface area contributed by atoms with Gasteiger partial charge in [-0.1, -0.05) is 34.1 Å². The van der Waals surface area contributed by atoms with Gasteiger partial charge in [-0.3, -0.25) is 4.79 Å². The van der Waals surface area contributed by atoms with E-state index in [4.69, 9.17) is 0 Å². The highest BCUT2D eigenvalue weighted by atomic mass is 16.4. The SMILES string of the molecule is CCC(C)C1(C(=O)O)CCC(C(C)C)CC1. The van der Waals surface area contributed by atoms with E-state index in [1.165, 1.54) is 0 Å². The molecule has 0 aliphatic heterocycles. The molecule has 1 fully saturated rings. The van der Waals surface area contributed by atoms with E-state index >= 15 is 0 Å². The summed E-state index contributed by atoms with van der Waals surface area (Å²) in [6.07, 6.45) is 4.90. The van der Waals surface area contributed by atoms with Gasteiger partial charge >= 0.3 is 5.97 Å². The van der Waals surface area contributed by atoms with Crippen molar-refractivity contribution < 1.29 is 9.90 Å². The van der Waals surface area contributed by atoms with Crippen molar-refractivity contribution in [1.29, 1.82) is 0 Å². The highest BCUT2D eigenvalue weighted by Gasteiger charge is 2.45. The molecule has 1 atom stereocenters. The lowest BCUT2D eigenvalue weighted by Crippen LogP contribution is -2.41. The van der Waals surface area contributed by atoms with Gasteiger partial charge in [-0.25, -0.2) is 0 Å². The highest BCUT2D eigenvalue weighted by Crippen LogP contribution is 2.47. The molecular weight excluding hydrogens is 200 g/mol. The van der Waals surface area contributed by atoms with Crippen LogP contribution in [0, 0.1) is 23.2 Å². The van der Waals surface area contributed by atoms with E-state index in [2.05, 4.69) is 27.7 Å². The van der Waals surface area contributed by atoms with Gasteiger partial charge in [0.2, 0.25) is 0 Å². The molecule has 0 bridgehead atoms. The lowest BCUT2D eigenvalue weighted by atomic mass is 9.62. The third kappa shape index (κ3) is 2.41. The molecule has 1 unspecified atom stereocenters. The molecule has 0 aromatic rings. The predicted molar refractivity (Wildman–Crippen MR) is 66.3 cm³/mol. The van der Waals surface area contributed by atoms with Gasteiger partial charge in [0, 0.05) is 0 Å². The first-order valence-corrected chi connectivity index (χ1v) is 6.67. The topological polar surface area (TPSA) is 37.3 Å². The zero-order chi connectivity index (χ0) is 12.3. The Hall–Kier alpha value is -0.530. The van der Waals surface area contributed by atoms with Gasteiger partial charge in [0.15, 0.2) is 0 Å². The molecule has 94 valence electrons. The molecule has 0 amide bonds. The van der Waals surface area contributed by atoms with Crippen molar-refractivity contribution in [2.24, 2.45) is 23.2 Å². The van der Waals surface area contributed by atoms with Crippen LogP contribution < -0.4 is 0 Å². The fourth-order valence-corrected chi connectivity index (χ4v) is 3.13. The zero-order valence-corrected chi connectivity index (χ0v) is 11.1. The van der Waals surface area contributed by atoms with Crippen LogP contribution in [-0.2, 0) is 4.79 Å². The maximum Gasteiger partial charge on any atom is 0.309 e. The number of carboxylic acid groups (broad SMARTS) is 1. The Bertz CT molecular complexity index is 237. The van der Waals surface area contributed by atoms with E-state index in [1.54, 1.807) is 0 Å². The molecule has 0 aromatic heterocycles. The Morgan fingerprint density at radius 1 is 1.31 bits per heavy atom. The third-order valence-electron chi connectivity index (χ3n) is 4.85. The average molecular weight is 226 g/mol. The first-order chi connectivity index (χ1) is 7.44. The van der Waals surface area contributed by atoms with Gasteiger partial charge in [0.05, 0.1) is 5.41 Å². The number of rotatable bonds is 4. The summed E-state index contributed by atoms with van der Waals surface area (Å²) in [5.41, 5.74) is -0.430. The van der Waals surface area contributed by atoms with Gasteiger partial charge in [-0.2, -0.15) is 0 Å². The zero-order valence-electron chi connectivity index (χ0n) is 11.1. The van der Waals surface area contributed by atoms with E-state index in [0.29, 0.717) is 11.8 Å². The normalized spacial score (nSPS) is 32.7. The largest absolute Gasteiger partial charge is 0.481 e. The van der Waals surface area contributed by atoms with Gasteiger partial charge in [-0.15, -0.1) is 0 Å². The van der Waals surface area contributed by atoms with E-state index in [0.717, 1.165) is 38.0 Å². The maximum atomic E-state index is 11.6. The van der Waals surface area contributed by atoms with Crippen LogP contribution in [0.4, 0.5) is 0 Å². The lowest BCUT2D eigenvalue weighted by Gasteiger charge is -2.41. The number of hydrogen-bond donors (Lipinski definition) is 1. The second-order valence-electron chi connectivity index (χ2n) is 5.85. The van der Waals surface area contributed by atoms with Crippen molar-refractivity contribution in [2.45, 2.75) is 59.8 Å². The number of hydrogen-bond acceptors (Lipinski definition) is 1. The lowest BCUT2D eigenvalue weighted by molar-refractivity contribution is -0.156. The van der Waals surface area contributed by atoms with Crippen molar-refractivity contribution in [3.8, 4) is 0 Å². The van der Waals surface area contributed by atoms with Crippen molar-refractivity contribution in [3.63, 3.8) is 0 Å². The van der Waals surface area contributed by atoms with Crippen molar-refractivity contribution >= 4 is 5.97 Å². The van der Waals surface area contributed by atoms with E-state index in [9.17, 15) is 9.90 Å². The monoisotopic (exact) mass is 226 g/mol. The van der Waals surface area contributed by atoms with Crippen molar-refractivity contribution in [1.82, 2.24) is 0 Å². The Balaban J connectivity index is 2.74. The standard InChI is InChI=1S/C14H26O2/c1-5-11(4)14(13(15)16)8-6-12(7-9-14)10(2)3/h10-12H,5-9H2,1-4H3,(H,15,16). The van der Waals surface area contributed by atoms with Crippen LogP contribution in [0.1, 0.15) is 59.8 Å². The van der Waals surface area contributed by atoms with Gasteiger partial charge in [0.1, 0.15) is 0 Å². The Morgan fingerprint density at radius 3 is 2.12 bits per heavy atom. The smallest absolute Gasteiger partial charge is 0.309 e. The minimum Gasteiger partial charge on any atom is -0.481 e. The fourth-order valence-electron chi connectivity index (χ4n) is 3.13. The number of carbonyl (C=O) groups is 1. The van der Waals surface area contributed by atoms with E-state index in [-0.39, 0.29) is 0 Å². The second-order valence-corrected chi connectivity index (χ2v) is 5.85. The van der Waals surface area contributed by atoms with Crippen LogP contribution in [0.5, 0.6) is 0 Å². The Morgan fingerprint density at radius 2 is 1.81 bits per heavy atom. The predicted octanol–water partition coefficient (Wildman–Crippen LogP) is 3.95. The highest BCUT2D eigenvalue weighted by molar-refractivity contribution is 5.75. The van der Waals surface area contributed by atoms with Crippen LogP contribution in [0.15, 0.2) is 0 Å². The average Bonchev–Trinajstić information content (AvgIpc) is 2.27. The molecule has 16 heavy (non-hydrogen) atoms. The number of aliphatic carboxylic acids is 1. The maximum absolute atomic E-state index is 11.6. The molecular formula is C14H26O2.